The lowest BCUT2D eigenvalue weighted by Crippen LogP contribution is -2.47. The fraction of sp³-hybridized carbons (Fsp3) is 0.250. The molecule has 1 aromatic heterocycles. The van der Waals surface area contributed by atoms with Gasteiger partial charge in [-0.1, -0.05) is 42.5 Å². The highest BCUT2D eigenvalue weighted by Gasteiger charge is 2.22. The average Bonchev–Trinajstić information content (AvgIpc) is 2.58. The third-order valence-corrected chi connectivity index (χ3v) is 5.04. The number of sulfonamides is 1. The molecule has 27 heavy (non-hydrogen) atoms. The minimum atomic E-state index is -3.31. The van der Waals surface area contributed by atoms with E-state index in [1.165, 1.54) is 0 Å². The Labute approximate surface area is 159 Å². The molecule has 4 N–H and O–H groups in total. The second-order valence-electron chi connectivity index (χ2n) is 7.31. The molecule has 0 fully saturated rings. The minimum absolute atomic E-state index is 0.348. The highest BCUT2D eigenvalue weighted by Crippen LogP contribution is 2.27. The van der Waals surface area contributed by atoms with E-state index in [4.69, 9.17) is 5.73 Å². The first-order chi connectivity index (χ1) is 12.6. The van der Waals surface area contributed by atoms with Crippen LogP contribution in [0.25, 0.3) is 22.0 Å². The maximum Gasteiger partial charge on any atom is 0.209 e. The van der Waals surface area contributed by atoms with E-state index in [0.717, 1.165) is 28.3 Å². The van der Waals surface area contributed by atoms with Crippen molar-refractivity contribution in [2.45, 2.75) is 19.4 Å². The van der Waals surface area contributed by atoms with Crippen molar-refractivity contribution in [1.29, 1.82) is 0 Å². The number of nitrogens with zero attached hydrogens (tertiary/aromatic N) is 1. The van der Waals surface area contributed by atoms with E-state index >= 15 is 0 Å². The highest BCUT2D eigenvalue weighted by molar-refractivity contribution is 7.88. The van der Waals surface area contributed by atoms with Crippen LogP contribution in [0.5, 0.6) is 0 Å². The first-order valence-electron chi connectivity index (χ1n) is 8.61. The summed E-state index contributed by atoms with van der Waals surface area (Å²) >= 11 is 0. The van der Waals surface area contributed by atoms with E-state index in [0.29, 0.717) is 18.1 Å². The molecule has 1 heterocycles. The van der Waals surface area contributed by atoms with Crippen LogP contribution >= 0.6 is 0 Å². The maximum atomic E-state index is 11.5. The molecule has 0 aliphatic rings. The van der Waals surface area contributed by atoms with Crippen molar-refractivity contribution >= 4 is 32.4 Å². The summed E-state index contributed by atoms with van der Waals surface area (Å²) in [4.78, 5) is 4.65. The van der Waals surface area contributed by atoms with E-state index in [2.05, 4.69) is 27.2 Å². The van der Waals surface area contributed by atoms with Gasteiger partial charge in [0.25, 0.3) is 0 Å². The molecular weight excluding hydrogens is 360 g/mol. The standard InChI is InChI=1S/C20H24N4O2S/c1-20(2,24-27(3,25)26)13-22-19-17(21)11-16-10-9-15(12-18(16)23-19)14-7-5-4-6-8-14/h4-12,24H,13,21H2,1-3H3,(H,22,23). The molecular formula is C20H24N4O2S. The summed E-state index contributed by atoms with van der Waals surface area (Å²) in [5.41, 5.74) is 8.98. The summed E-state index contributed by atoms with van der Waals surface area (Å²) in [5, 5.41) is 4.11. The van der Waals surface area contributed by atoms with Gasteiger partial charge in [-0.2, -0.15) is 0 Å². The Kier molecular flexibility index (Phi) is 5.08. The third-order valence-electron chi connectivity index (χ3n) is 4.11. The van der Waals surface area contributed by atoms with Crippen molar-refractivity contribution < 1.29 is 8.42 Å². The zero-order chi connectivity index (χ0) is 19.7. The van der Waals surface area contributed by atoms with E-state index in [1.54, 1.807) is 13.8 Å². The van der Waals surface area contributed by atoms with Gasteiger partial charge in [0.15, 0.2) is 0 Å². The minimum Gasteiger partial charge on any atom is -0.396 e. The summed E-state index contributed by atoms with van der Waals surface area (Å²) in [5.74, 6) is 0.538. The number of nitrogen functional groups attached to an aromatic ring is 1. The molecule has 7 heteroatoms. The lowest BCUT2D eigenvalue weighted by molar-refractivity contribution is 0.476. The summed E-state index contributed by atoms with van der Waals surface area (Å²) in [6.07, 6.45) is 1.14. The first-order valence-corrected chi connectivity index (χ1v) is 10.5. The van der Waals surface area contributed by atoms with Crippen LogP contribution in [-0.2, 0) is 10.0 Å². The molecule has 0 unspecified atom stereocenters. The fourth-order valence-corrected chi connectivity index (χ4v) is 4.05. The molecule has 3 aromatic rings. The number of aromatic nitrogens is 1. The number of hydrogen-bond acceptors (Lipinski definition) is 5. The molecule has 2 aromatic carbocycles. The Morgan fingerprint density at radius 2 is 1.74 bits per heavy atom. The molecule has 0 spiro atoms. The summed E-state index contributed by atoms with van der Waals surface area (Å²) in [7, 11) is -3.31. The number of benzene rings is 2. The van der Waals surface area contributed by atoms with Gasteiger partial charge < -0.3 is 11.1 Å². The second kappa shape index (κ2) is 7.17. The van der Waals surface area contributed by atoms with E-state index in [-0.39, 0.29) is 0 Å². The first kappa shape index (κ1) is 19.1. The zero-order valence-corrected chi connectivity index (χ0v) is 16.5. The van der Waals surface area contributed by atoms with Crippen molar-refractivity contribution in [3.05, 3.63) is 54.6 Å². The smallest absolute Gasteiger partial charge is 0.209 e. The van der Waals surface area contributed by atoms with Crippen LogP contribution in [0.15, 0.2) is 54.6 Å². The van der Waals surface area contributed by atoms with Gasteiger partial charge in [-0.05, 0) is 37.1 Å². The Morgan fingerprint density at radius 3 is 2.41 bits per heavy atom. The number of pyridine rings is 1. The molecule has 0 saturated carbocycles. The summed E-state index contributed by atoms with van der Waals surface area (Å²) in [6.45, 7) is 3.94. The predicted octanol–water partition coefficient (Wildman–Crippen LogP) is 3.22. The topological polar surface area (TPSA) is 97.1 Å². The summed E-state index contributed by atoms with van der Waals surface area (Å²) < 4.78 is 25.6. The molecule has 0 bridgehead atoms. The second-order valence-corrected chi connectivity index (χ2v) is 9.06. The molecule has 0 amide bonds. The Morgan fingerprint density at radius 1 is 1.04 bits per heavy atom. The monoisotopic (exact) mass is 384 g/mol. The quantitative estimate of drug-likeness (QED) is 0.606. The van der Waals surface area contributed by atoms with Gasteiger partial charge in [0.2, 0.25) is 10.0 Å². The van der Waals surface area contributed by atoms with Crippen molar-refractivity contribution in [3.63, 3.8) is 0 Å². The molecule has 142 valence electrons. The SMILES string of the molecule is CC(C)(CNc1nc2cc(-c3ccccc3)ccc2cc1N)NS(C)(=O)=O. The largest absolute Gasteiger partial charge is 0.396 e. The van der Waals surface area contributed by atoms with Crippen LogP contribution < -0.4 is 15.8 Å². The van der Waals surface area contributed by atoms with Crippen LogP contribution in [0, 0.1) is 0 Å². The highest BCUT2D eigenvalue weighted by atomic mass is 32.2. The molecule has 0 aliphatic carbocycles. The number of anilines is 2. The maximum absolute atomic E-state index is 11.5. The van der Waals surface area contributed by atoms with Gasteiger partial charge in [0.1, 0.15) is 5.82 Å². The third kappa shape index (κ3) is 4.96. The molecule has 0 saturated heterocycles. The molecule has 3 rings (SSSR count). The van der Waals surface area contributed by atoms with Crippen LogP contribution in [-0.4, -0.2) is 31.7 Å². The number of nitrogens with one attached hydrogen (secondary N) is 2. The van der Waals surface area contributed by atoms with Crippen molar-refractivity contribution in [1.82, 2.24) is 9.71 Å². The number of nitrogens with two attached hydrogens (primary N) is 1. The molecule has 0 radical (unpaired) electrons. The average molecular weight is 385 g/mol. The normalized spacial score (nSPS) is 12.3. The van der Waals surface area contributed by atoms with Gasteiger partial charge in [0.05, 0.1) is 17.5 Å². The van der Waals surface area contributed by atoms with Gasteiger partial charge in [-0.25, -0.2) is 18.1 Å². The van der Waals surface area contributed by atoms with E-state index < -0.39 is 15.6 Å². The number of fused-ring (bicyclic) bond motifs is 1. The van der Waals surface area contributed by atoms with Gasteiger partial charge in [-0.3, -0.25) is 0 Å². The van der Waals surface area contributed by atoms with Gasteiger partial charge >= 0.3 is 0 Å². The van der Waals surface area contributed by atoms with E-state index in [9.17, 15) is 8.42 Å². The Balaban J connectivity index is 1.88. The number of rotatable bonds is 6. The van der Waals surface area contributed by atoms with Crippen LogP contribution in [0.3, 0.4) is 0 Å². The van der Waals surface area contributed by atoms with Crippen molar-refractivity contribution in [3.8, 4) is 11.1 Å². The summed E-state index contributed by atoms with van der Waals surface area (Å²) in [6, 6.07) is 18.0. The van der Waals surface area contributed by atoms with Crippen molar-refractivity contribution in [2.24, 2.45) is 0 Å². The number of hydrogen-bond donors (Lipinski definition) is 3. The molecule has 0 atom stereocenters. The van der Waals surface area contributed by atoms with E-state index in [1.807, 2.05) is 42.5 Å². The predicted molar refractivity (Wildman–Crippen MR) is 112 cm³/mol. The van der Waals surface area contributed by atoms with Crippen molar-refractivity contribution in [2.75, 3.05) is 23.9 Å². The molecule has 6 nitrogen and oxygen atoms in total. The Hall–Kier alpha value is -2.64. The lowest BCUT2D eigenvalue weighted by atomic mass is 10.0. The van der Waals surface area contributed by atoms with Gasteiger partial charge in [0, 0.05) is 17.5 Å². The van der Waals surface area contributed by atoms with Crippen LogP contribution in [0.4, 0.5) is 11.5 Å². The molecule has 0 aliphatic heterocycles. The Bertz CT molecular complexity index is 1060. The fourth-order valence-electron chi connectivity index (χ4n) is 2.98. The van der Waals surface area contributed by atoms with Crippen LogP contribution in [0.1, 0.15) is 13.8 Å². The van der Waals surface area contributed by atoms with Crippen LogP contribution in [0.2, 0.25) is 0 Å². The lowest BCUT2D eigenvalue weighted by Gasteiger charge is -2.26. The zero-order valence-electron chi connectivity index (χ0n) is 15.7. The van der Waals surface area contributed by atoms with Gasteiger partial charge in [-0.15, -0.1) is 0 Å².